The maximum absolute atomic E-state index is 13.0. The molecule has 0 unspecified atom stereocenters. The van der Waals surface area contributed by atoms with Gasteiger partial charge in [-0.05, 0) is 56.3 Å². The second-order valence-electron chi connectivity index (χ2n) is 5.33. The fraction of sp³-hybridized carbons (Fsp3) is 0.500. The molecule has 0 saturated heterocycles. The molecule has 0 saturated carbocycles. The Hall–Kier alpha value is -1.36. The van der Waals surface area contributed by atoms with Crippen molar-refractivity contribution in [3.05, 3.63) is 46.8 Å². The minimum Gasteiger partial charge on any atom is -0.312 e. The third kappa shape index (κ3) is 4.84. The molecule has 1 aliphatic rings. The predicted octanol–water partition coefficient (Wildman–Crippen LogP) is 4.82. The van der Waals surface area contributed by atoms with E-state index in [1.54, 1.807) is 0 Å². The highest BCUT2D eigenvalue weighted by molar-refractivity contribution is 5.30. The quantitative estimate of drug-likeness (QED) is 0.467. The Bertz CT molecular complexity index is 505. The molecule has 0 amide bonds. The molecular formula is C16H19F4N. The summed E-state index contributed by atoms with van der Waals surface area (Å²) in [7, 11) is 0. The minimum absolute atomic E-state index is 0.0847. The third-order valence-corrected chi connectivity index (χ3v) is 3.70. The molecule has 1 aromatic carbocycles. The fourth-order valence-electron chi connectivity index (χ4n) is 2.57. The SMILES string of the molecule is Fc1ccc(CNCCC2=CCCCC2)c(C(F)(F)F)c1. The molecule has 1 aromatic rings. The number of rotatable bonds is 5. The first kappa shape index (κ1) is 16.0. The maximum atomic E-state index is 13.0. The van der Waals surface area contributed by atoms with Gasteiger partial charge in [0.25, 0.3) is 0 Å². The van der Waals surface area contributed by atoms with Gasteiger partial charge in [-0.15, -0.1) is 0 Å². The third-order valence-electron chi connectivity index (χ3n) is 3.70. The van der Waals surface area contributed by atoms with Gasteiger partial charge in [-0.3, -0.25) is 0 Å². The molecule has 0 spiro atoms. The molecule has 0 fully saturated rings. The molecule has 1 aliphatic carbocycles. The van der Waals surface area contributed by atoms with Gasteiger partial charge in [-0.25, -0.2) is 4.39 Å². The molecule has 1 N–H and O–H groups in total. The number of nitrogens with one attached hydrogen (secondary N) is 1. The summed E-state index contributed by atoms with van der Waals surface area (Å²) in [5.74, 6) is -0.863. The van der Waals surface area contributed by atoms with Crippen molar-refractivity contribution in [2.75, 3.05) is 6.54 Å². The Balaban J connectivity index is 1.89. The van der Waals surface area contributed by atoms with Gasteiger partial charge in [-0.1, -0.05) is 17.7 Å². The number of halogens is 4. The lowest BCUT2D eigenvalue weighted by Gasteiger charge is -2.15. The Morgan fingerprint density at radius 1 is 1.14 bits per heavy atom. The van der Waals surface area contributed by atoms with E-state index in [9.17, 15) is 17.6 Å². The highest BCUT2D eigenvalue weighted by Crippen LogP contribution is 2.32. The second kappa shape index (κ2) is 7.07. The molecule has 116 valence electrons. The van der Waals surface area contributed by atoms with Crippen LogP contribution in [0.2, 0.25) is 0 Å². The van der Waals surface area contributed by atoms with E-state index in [1.165, 1.54) is 24.5 Å². The second-order valence-corrected chi connectivity index (χ2v) is 5.33. The largest absolute Gasteiger partial charge is 0.416 e. The molecule has 0 heterocycles. The summed E-state index contributed by atoms with van der Waals surface area (Å²) >= 11 is 0. The molecule has 0 bridgehead atoms. The zero-order chi connectivity index (χ0) is 15.3. The highest BCUT2D eigenvalue weighted by Gasteiger charge is 2.33. The van der Waals surface area contributed by atoms with E-state index in [1.807, 2.05) is 0 Å². The van der Waals surface area contributed by atoms with Crippen molar-refractivity contribution < 1.29 is 17.6 Å². The van der Waals surface area contributed by atoms with Gasteiger partial charge in [0.2, 0.25) is 0 Å². The van der Waals surface area contributed by atoms with Crippen molar-refractivity contribution in [1.29, 1.82) is 0 Å². The summed E-state index contributed by atoms with van der Waals surface area (Å²) in [5, 5.41) is 3.02. The van der Waals surface area contributed by atoms with Crippen molar-refractivity contribution in [3.63, 3.8) is 0 Å². The van der Waals surface area contributed by atoms with E-state index >= 15 is 0 Å². The van der Waals surface area contributed by atoms with E-state index < -0.39 is 17.6 Å². The number of allylic oxidation sites excluding steroid dienone is 1. The Morgan fingerprint density at radius 2 is 1.95 bits per heavy atom. The number of alkyl halides is 3. The van der Waals surface area contributed by atoms with Crippen LogP contribution in [-0.4, -0.2) is 6.54 Å². The van der Waals surface area contributed by atoms with Crippen LogP contribution in [-0.2, 0) is 12.7 Å². The molecule has 0 atom stereocenters. The smallest absolute Gasteiger partial charge is 0.312 e. The van der Waals surface area contributed by atoms with Crippen LogP contribution in [0.4, 0.5) is 17.6 Å². The van der Waals surface area contributed by atoms with E-state index in [2.05, 4.69) is 11.4 Å². The van der Waals surface area contributed by atoms with E-state index in [0.29, 0.717) is 12.6 Å². The zero-order valence-corrected chi connectivity index (χ0v) is 11.8. The van der Waals surface area contributed by atoms with Crippen molar-refractivity contribution in [1.82, 2.24) is 5.32 Å². The Morgan fingerprint density at radius 3 is 2.62 bits per heavy atom. The van der Waals surface area contributed by atoms with E-state index in [4.69, 9.17) is 0 Å². The highest BCUT2D eigenvalue weighted by atomic mass is 19.4. The van der Waals surface area contributed by atoms with Crippen molar-refractivity contribution in [2.24, 2.45) is 0 Å². The van der Waals surface area contributed by atoms with Crippen LogP contribution in [0.1, 0.15) is 43.2 Å². The predicted molar refractivity (Wildman–Crippen MR) is 74.3 cm³/mol. The lowest BCUT2D eigenvalue weighted by atomic mass is 9.97. The normalized spacial score (nSPS) is 15.9. The van der Waals surface area contributed by atoms with Crippen molar-refractivity contribution in [3.8, 4) is 0 Å². The van der Waals surface area contributed by atoms with Crippen molar-refractivity contribution in [2.45, 2.75) is 44.8 Å². The standard InChI is InChI=1S/C16H19F4N/c17-14-7-6-13(15(10-14)16(18,19)20)11-21-9-8-12-4-2-1-3-5-12/h4,6-7,10,21H,1-3,5,8-9,11H2. The van der Waals surface area contributed by atoms with Crippen LogP contribution >= 0.6 is 0 Å². The molecule has 0 aromatic heterocycles. The van der Waals surface area contributed by atoms with Gasteiger partial charge in [0.05, 0.1) is 5.56 Å². The minimum atomic E-state index is -4.52. The van der Waals surface area contributed by atoms with Gasteiger partial charge < -0.3 is 5.32 Å². The average molecular weight is 301 g/mol. The summed E-state index contributed by atoms with van der Waals surface area (Å²) in [6, 6.07) is 2.82. The van der Waals surface area contributed by atoms with Gasteiger partial charge in [-0.2, -0.15) is 13.2 Å². The van der Waals surface area contributed by atoms with Crippen LogP contribution in [0.25, 0.3) is 0 Å². The van der Waals surface area contributed by atoms with Crippen LogP contribution in [0.15, 0.2) is 29.8 Å². The average Bonchev–Trinajstić information content (AvgIpc) is 2.45. The lowest BCUT2D eigenvalue weighted by molar-refractivity contribution is -0.138. The maximum Gasteiger partial charge on any atom is 0.416 e. The fourth-order valence-corrected chi connectivity index (χ4v) is 2.57. The van der Waals surface area contributed by atoms with Crippen LogP contribution in [0.5, 0.6) is 0 Å². The number of hydrogen-bond acceptors (Lipinski definition) is 1. The van der Waals surface area contributed by atoms with Gasteiger partial charge >= 0.3 is 6.18 Å². The molecular weight excluding hydrogens is 282 g/mol. The van der Waals surface area contributed by atoms with Crippen molar-refractivity contribution >= 4 is 0 Å². The van der Waals surface area contributed by atoms with Gasteiger partial charge in [0, 0.05) is 6.54 Å². The molecule has 5 heteroatoms. The van der Waals surface area contributed by atoms with E-state index in [-0.39, 0.29) is 12.1 Å². The first-order valence-corrected chi connectivity index (χ1v) is 7.21. The molecule has 1 nitrogen and oxygen atoms in total. The molecule has 21 heavy (non-hydrogen) atoms. The van der Waals surface area contributed by atoms with Gasteiger partial charge in [0.1, 0.15) is 5.82 Å². The molecule has 0 radical (unpaired) electrons. The lowest BCUT2D eigenvalue weighted by Crippen LogP contribution is -2.19. The summed E-state index contributed by atoms with van der Waals surface area (Å²) in [5.41, 5.74) is 0.567. The Labute approximate surface area is 122 Å². The van der Waals surface area contributed by atoms with Crippen LogP contribution < -0.4 is 5.32 Å². The number of benzene rings is 1. The molecule has 0 aliphatic heterocycles. The summed E-state index contributed by atoms with van der Waals surface area (Å²) in [4.78, 5) is 0. The van der Waals surface area contributed by atoms with Crippen LogP contribution in [0, 0.1) is 5.82 Å². The van der Waals surface area contributed by atoms with Crippen LogP contribution in [0.3, 0.4) is 0 Å². The van der Waals surface area contributed by atoms with E-state index in [0.717, 1.165) is 25.3 Å². The first-order chi connectivity index (χ1) is 9.97. The topological polar surface area (TPSA) is 12.0 Å². The van der Waals surface area contributed by atoms with Gasteiger partial charge in [0.15, 0.2) is 0 Å². The monoisotopic (exact) mass is 301 g/mol. The first-order valence-electron chi connectivity index (χ1n) is 7.21. The Kier molecular flexibility index (Phi) is 5.39. The summed E-state index contributed by atoms with van der Waals surface area (Å²) in [6.07, 6.45) is 3.18. The zero-order valence-electron chi connectivity index (χ0n) is 11.8. The number of hydrogen-bond donors (Lipinski definition) is 1. The molecule has 2 rings (SSSR count). The summed E-state index contributed by atoms with van der Waals surface area (Å²) < 4.78 is 51.5. The summed E-state index contributed by atoms with van der Waals surface area (Å²) in [6.45, 7) is 0.739.